The molecule has 1 aromatic rings. The van der Waals surface area contributed by atoms with Crippen molar-refractivity contribution in [1.29, 1.82) is 0 Å². The summed E-state index contributed by atoms with van der Waals surface area (Å²) in [4.78, 5) is 25.9. The molecule has 1 aromatic carbocycles. The maximum absolute atomic E-state index is 12.3. The summed E-state index contributed by atoms with van der Waals surface area (Å²) in [5, 5.41) is 8.92. The van der Waals surface area contributed by atoms with Crippen molar-refractivity contribution in [2.24, 2.45) is 0 Å². The fourth-order valence-electron chi connectivity index (χ4n) is 2.31. The second kappa shape index (κ2) is 8.55. The van der Waals surface area contributed by atoms with Gasteiger partial charge in [-0.15, -0.1) is 11.8 Å². The van der Waals surface area contributed by atoms with E-state index in [0.29, 0.717) is 31.9 Å². The van der Waals surface area contributed by atoms with Crippen molar-refractivity contribution in [3.8, 4) is 0 Å². The number of carboxylic acid groups (broad SMARTS) is 1. The minimum atomic E-state index is -0.907. The number of nitrogens with zero attached hydrogens (tertiary/aromatic N) is 1. The maximum atomic E-state index is 12.3. The number of ether oxygens (including phenoxy) is 1. The van der Waals surface area contributed by atoms with Crippen LogP contribution < -0.4 is 0 Å². The molecule has 22 heavy (non-hydrogen) atoms. The Morgan fingerprint density at radius 1 is 1.41 bits per heavy atom. The third-order valence-corrected chi connectivity index (χ3v) is 5.40. The molecule has 0 aliphatic carbocycles. The monoisotopic (exact) mass is 387 g/mol. The van der Waals surface area contributed by atoms with Crippen LogP contribution in [0.3, 0.4) is 0 Å². The second-order valence-corrected chi connectivity index (χ2v) is 6.93. The van der Waals surface area contributed by atoms with Crippen molar-refractivity contribution in [2.75, 3.05) is 25.5 Å². The largest absolute Gasteiger partial charge is 0.481 e. The van der Waals surface area contributed by atoms with Gasteiger partial charge in [-0.1, -0.05) is 12.1 Å². The Labute approximate surface area is 142 Å². The summed E-state index contributed by atoms with van der Waals surface area (Å²) >= 11 is 5.09. The van der Waals surface area contributed by atoms with Gasteiger partial charge in [0.25, 0.3) is 0 Å². The van der Waals surface area contributed by atoms with Crippen LogP contribution in [0.25, 0.3) is 0 Å². The summed E-state index contributed by atoms with van der Waals surface area (Å²) in [6, 6.07) is 7.52. The molecule has 0 bridgehead atoms. The molecule has 5 nitrogen and oxygen atoms in total. The third-order valence-electron chi connectivity index (χ3n) is 3.37. The third kappa shape index (κ3) is 5.00. The number of halogens is 1. The number of hydrogen-bond donors (Lipinski definition) is 1. The first kappa shape index (κ1) is 17.3. The molecule has 1 heterocycles. The van der Waals surface area contributed by atoms with Crippen LogP contribution in [0.1, 0.15) is 12.8 Å². The minimum absolute atomic E-state index is 0.00546. The number of hydrogen-bond acceptors (Lipinski definition) is 4. The van der Waals surface area contributed by atoms with E-state index in [2.05, 4.69) is 15.9 Å². The van der Waals surface area contributed by atoms with E-state index < -0.39 is 5.97 Å². The fourth-order valence-corrected chi connectivity index (χ4v) is 3.81. The van der Waals surface area contributed by atoms with Crippen molar-refractivity contribution < 1.29 is 19.4 Å². The molecule has 2 rings (SSSR count). The van der Waals surface area contributed by atoms with Gasteiger partial charge in [0.2, 0.25) is 5.91 Å². The second-order valence-electron chi connectivity index (χ2n) is 4.94. The first-order valence-corrected chi connectivity index (χ1v) is 8.82. The number of benzene rings is 1. The molecule has 1 amide bonds. The van der Waals surface area contributed by atoms with E-state index in [1.165, 1.54) is 0 Å². The Morgan fingerprint density at radius 2 is 2.18 bits per heavy atom. The van der Waals surface area contributed by atoms with Crippen LogP contribution in [0.5, 0.6) is 0 Å². The van der Waals surface area contributed by atoms with Gasteiger partial charge < -0.3 is 14.7 Å². The topological polar surface area (TPSA) is 66.8 Å². The SMILES string of the molecule is O=C(O)CC1COCCN1C(=O)CCSc1ccccc1Br. The molecule has 1 fully saturated rings. The van der Waals surface area contributed by atoms with Crippen molar-refractivity contribution in [3.05, 3.63) is 28.7 Å². The quantitative estimate of drug-likeness (QED) is 0.759. The van der Waals surface area contributed by atoms with Crippen LogP contribution in [-0.2, 0) is 14.3 Å². The highest BCUT2D eigenvalue weighted by Crippen LogP contribution is 2.27. The van der Waals surface area contributed by atoms with Crippen molar-refractivity contribution >= 4 is 39.6 Å². The van der Waals surface area contributed by atoms with Gasteiger partial charge >= 0.3 is 5.97 Å². The normalized spacial score (nSPS) is 18.2. The standard InChI is InChI=1S/C15H18BrNO4S/c16-12-3-1-2-4-13(12)22-8-5-14(18)17-6-7-21-10-11(17)9-15(19)20/h1-4,11H,5-10H2,(H,19,20). The molecule has 1 aliphatic heterocycles. The molecule has 1 N–H and O–H groups in total. The van der Waals surface area contributed by atoms with Crippen molar-refractivity contribution in [1.82, 2.24) is 4.90 Å². The number of morpholine rings is 1. The zero-order chi connectivity index (χ0) is 15.9. The number of carbonyl (C=O) groups excluding carboxylic acids is 1. The molecule has 0 saturated carbocycles. The molecule has 1 saturated heterocycles. The summed E-state index contributed by atoms with van der Waals surface area (Å²) < 4.78 is 6.30. The number of aliphatic carboxylic acids is 1. The van der Waals surface area contributed by atoms with Gasteiger partial charge in [0.05, 0.1) is 25.7 Å². The summed E-state index contributed by atoms with van der Waals surface area (Å²) in [5.74, 6) is -0.247. The predicted octanol–water partition coefficient (Wildman–Crippen LogP) is 2.63. The molecule has 1 unspecified atom stereocenters. The zero-order valence-electron chi connectivity index (χ0n) is 12.0. The van der Waals surface area contributed by atoms with E-state index in [9.17, 15) is 9.59 Å². The van der Waals surface area contributed by atoms with Crippen LogP contribution in [0.2, 0.25) is 0 Å². The number of carboxylic acids is 1. The van der Waals surface area contributed by atoms with Crippen LogP contribution in [0.15, 0.2) is 33.6 Å². The molecular formula is C15H18BrNO4S. The van der Waals surface area contributed by atoms with Gasteiger partial charge in [0, 0.05) is 28.1 Å². The first-order valence-electron chi connectivity index (χ1n) is 7.04. The Hall–Kier alpha value is -1.05. The van der Waals surface area contributed by atoms with Gasteiger partial charge in [-0.2, -0.15) is 0 Å². The van der Waals surface area contributed by atoms with Gasteiger partial charge in [-0.05, 0) is 28.1 Å². The highest BCUT2D eigenvalue weighted by Gasteiger charge is 2.28. The molecule has 0 spiro atoms. The predicted molar refractivity (Wildman–Crippen MR) is 88.1 cm³/mol. The van der Waals surface area contributed by atoms with E-state index in [4.69, 9.17) is 9.84 Å². The summed E-state index contributed by atoms with van der Waals surface area (Å²) in [7, 11) is 0. The van der Waals surface area contributed by atoms with E-state index in [1.807, 2.05) is 24.3 Å². The smallest absolute Gasteiger partial charge is 0.305 e. The first-order chi connectivity index (χ1) is 10.6. The summed E-state index contributed by atoms with van der Waals surface area (Å²) in [5.41, 5.74) is 0. The highest BCUT2D eigenvalue weighted by molar-refractivity contribution is 9.10. The lowest BCUT2D eigenvalue weighted by atomic mass is 10.1. The average molecular weight is 388 g/mol. The molecule has 7 heteroatoms. The molecule has 1 atom stereocenters. The van der Waals surface area contributed by atoms with E-state index >= 15 is 0 Å². The minimum Gasteiger partial charge on any atom is -0.481 e. The molecule has 1 aliphatic rings. The molecule has 0 aromatic heterocycles. The molecule has 0 radical (unpaired) electrons. The van der Waals surface area contributed by atoms with Crippen LogP contribution in [0.4, 0.5) is 0 Å². The summed E-state index contributed by atoms with van der Waals surface area (Å²) in [6.07, 6.45) is 0.325. The van der Waals surface area contributed by atoms with E-state index in [1.54, 1.807) is 16.7 Å². The van der Waals surface area contributed by atoms with E-state index in [0.717, 1.165) is 9.37 Å². The van der Waals surface area contributed by atoms with Crippen molar-refractivity contribution in [3.63, 3.8) is 0 Å². The molecular weight excluding hydrogens is 370 g/mol. The fraction of sp³-hybridized carbons (Fsp3) is 0.467. The van der Waals surface area contributed by atoms with Gasteiger partial charge in [0.15, 0.2) is 0 Å². The van der Waals surface area contributed by atoms with Gasteiger partial charge in [0.1, 0.15) is 0 Å². The van der Waals surface area contributed by atoms with Crippen LogP contribution >= 0.6 is 27.7 Å². The van der Waals surface area contributed by atoms with Gasteiger partial charge in [-0.3, -0.25) is 9.59 Å². The van der Waals surface area contributed by atoms with Crippen LogP contribution in [0, 0.1) is 0 Å². The van der Waals surface area contributed by atoms with Gasteiger partial charge in [-0.25, -0.2) is 0 Å². The lowest BCUT2D eigenvalue weighted by Crippen LogP contribution is -2.49. The number of carbonyl (C=O) groups is 2. The Morgan fingerprint density at radius 3 is 2.91 bits per heavy atom. The number of amides is 1. The summed E-state index contributed by atoms with van der Waals surface area (Å²) in [6.45, 7) is 1.24. The van der Waals surface area contributed by atoms with Crippen LogP contribution in [-0.4, -0.2) is 53.4 Å². The Bertz CT molecular complexity index is 540. The van der Waals surface area contributed by atoms with Crippen molar-refractivity contribution in [2.45, 2.75) is 23.8 Å². The lowest BCUT2D eigenvalue weighted by Gasteiger charge is -2.34. The van der Waals surface area contributed by atoms with E-state index in [-0.39, 0.29) is 18.4 Å². The zero-order valence-corrected chi connectivity index (χ0v) is 14.4. The lowest BCUT2D eigenvalue weighted by molar-refractivity contribution is -0.146. The Balaban J connectivity index is 1.85. The number of rotatable bonds is 6. The maximum Gasteiger partial charge on any atom is 0.305 e. The molecule has 120 valence electrons. The number of thioether (sulfide) groups is 1. The highest BCUT2D eigenvalue weighted by atomic mass is 79.9. The Kier molecular flexibility index (Phi) is 6.72. The average Bonchev–Trinajstić information content (AvgIpc) is 2.49.